The molecule has 0 atom stereocenters. The number of hydrogen-bond acceptors (Lipinski definition) is 2. The summed E-state index contributed by atoms with van der Waals surface area (Å²) >= 11 is 0. The molecule has 27 heavy (non-hydrogen) atoms. The Morgan fingerprint density at radius 3 is 2.52 bits per heavy atom. The van der Waals surface area contributed by atoms with Gasteiger partial charge in [-0.1, -0.05) is 45.4 Å². The zero-order chi connectivity index (χ0) is 18.7. The molecule has 0 aliphatic carbocycles. The normalized spacial score (nSPS) is 15.4. The van der Waals surface area contributed by atoms with E-state index in [0.29, 0.717) is 0 Å². The largest absolute Gasteiger partial charge is 0.493 e. The number of aryl methyl sites for hydroxylation is 1. The molecule has 0 N–H and O–H groups in total. The van der Waals surface area contributed by atoms with Crippen molar-refractivity contribution in [3.05, 3.63) is 30.5 Å². The van der Waals surface area contributed by atoms with Gasteiger partial charge in [0, 0.05) is 25.4 Å². The van der Waals surface area contributed by atoms with Crippen LogP contribution < -0.4 is 4.74 Å². The minimum absolute atomic E-state index is 0.820. The number of benzene rings is 1. The van der Waals surface area contributed by atoms with E-state index >= 15 is 0 Å². The van der Waals surface area contributed by atoms with E-state index in [0.717, 1.165) is 25.3 Å². The fourth-order valence-corrected chi connectivity index (χ4v) is 4.17. The highest BCUT2D eigenvalue weighted by Gasteiger charge is 2.09. The van der Waals surface area contributed by atoms with E-state index in [1.165, 1.54) is 88.3 Å². The van der Waals surface area contributed by atoms with Crippen LogP contribution in [0.4, 0.5) is 0 Å². The van der Waals surface area contributed by atoms with Crippen molar-refractivity contribution >= 4 is 10.9 Å². The van der Waals surface area contributed by atoms with E-state index in [4.69, 9.17) is 4.74 Å². The van der Waals surface area contributed by atoms with Crippen LogP contribution in [0.25, 0.3) is 10.9 Å². The van der Waals surface area contributed by atoms with Crippen molar-refractivity contribution < 1.29 is 4.74 Å². The lowest BCUT2D eigenvalue weighted by Gasteiger charge is -2.26. The minimum Gasteiger partial charge on any atom is -0.493 e. The van der Waals surface area contributed by atoms with Gasteiger partial charge in [-0.3, -0.25) is 0 Å². The van der Waals surface area contributed by atoms with Gasteiger partial charge in [-0.15, -0.1) is 0 Å². The van der Waals surface area contributed by atoms with Crippen LogP contribution in [0.3, 0.4) is 0 Å². The van der Waals surface area contributed by atoms with Gasteiger partial charge in [0.15, 0.2) is 0 Å². The lowest BCUT2D eigenvalue weighted by molar-refractivity contribution is 0.205. The highest BCUT2D eigenvalue weighted by Crippen LogP contribution is 2.23. The average molecular weight is 371 g/mol. The molecule has 3 rings (SSSR count). The Hall–Kier alpha value is -1.48. The van der Waals surface area contributed by atoms with Crippen LogP contribution in [-0.2, 0) is 6.54 Å². The van der Waals surface area contributed by atoms with Crippen LogP contribution in [-0.4, -0.2) is 35.7 Å². The van der Waals surface area contributed by atoms with E-state index in [-0.39, 0.29) is 0 Å². The number of rotatable bonds is 12. The van der Waals surface area contributed by atoms with E-state index < -0.39 is 0 Å². The molecule has 3 heteroatoms. The van der Waals surface area contributed by atoms with E-state index in [2.05, 4.69) is 46.9 Å². The quantitative estimate of drug-likeness (QED) is 0.410. The van der Waals surface area contributed by atoms with Gasteiger partial charge in [0.05, 0.1) is 12.1 Å². The summed E-state index contributed by atoms with van der Waals surface area (Å²) in [4.78, 5) is 2.59. The first-order valence-corrected chi connectivity index (χ1v) is 11.3. The zero-order valence-corrected chi connectivity index (χ0v) is 17.3. The third-order valence-corrected chi connectivity index (χ3v) is 5.83. The number of hydrogen-bond donors (Lipinski definition) is 0. The molecule has 1 fully saturated rings. The molecule has 150 valence electrons. The Bertz CT molecular complexity index is 657. The molecular formula is C24H38N2O. The summed E-state index contributed by atoms with van der Waals surface area (Å²) in [6.07, 6.45) is 15.6. The molecule has 1 aromatic carbocycles. The molecule has 1 aliphatic heterocycles. The van der Waals surface area contributed by atoms with Crippen molar-refractivity contribution in [3.8, 4) is 5.75 Å². The summed E-state index contributed by atoms with van der Waals surface area (Å²) in [5, 5.41) is 1.32. The summed E-state index contributed by atoms with van der Waals surface area (Å²) in [5.74, 6) is 1.02. The van der Waals surface area contributed by atoms with Gasteiger partial charge in [-0.05, 0) is 62.4 Å². The van der Waals surface area contributed by atoms with Crippen LogP contribution in [0.15, 0.2) is 30.5 Å². The summed E-state index contributed by atoms with van der Waals surface area (Å²) in [7, 11) is 0. The summed E-state index contributed by atoms with van der Waals surface area (Å²) in [6.45, 7) is 7.94. The summed E-state index contributed by atoms with van der Waals surface area (Å²) in [5.41, 5.74) is 1.32. The number of aromatic nitrogens is 1. The minimum atomic E-state index is 0.820. The van der Waals surface area contributed by atoms with E-state index in [9.17, 15) is 0 Å². The van der Waals surface area contributed by atoms with Crippen molar-refractivity contribution in [2.24, 2.45) is 0 Å². The summed E-state index contributed by atoms with van der Waals surface area (Å²) in [6, 6.07) is 8.78. The molecule has 0 amide bonds. The van der Waals surface area contributed by atoms with Crippen LogP contribution in [0.2, 0.25) is 0 Å². The molecule has 1 saturated heterocycles. The Labute approximate surface area is 165 Å². The Morgan fingerprint density at radius 2 is 1.67 bits per heavy atom. The first-order valence-electron chi connectivity index (χ1n) is 11.3. The molecule has 1 aromatic heterocycles. The predicted molar refractivity (Wildman–Crippen MR) is 116 cm³/mol. The highest BCUT2D eigenvalue weighted by atomic mass is 16.5. The van der Waals surface area contributed by atoms with Gasteiger partial charge < -0.3 is 14.2 Å². The van der Waals surface area contributed by atoms with Gasteiger partial charge in [-0.2, -0.15) is 0 Å². The maximum atomic E-state index is 6.06. The topological polar surface area (TPSA) is 17.4 Å². The molecule has 0 radical (unpaired) electrons. The molecule has 2 heterocycles. The smallest absolute Gasteiger partial charge is 0.121 e. The molecule has 0 bridgehead atoms. The standard InChI is InChI=1S/C24H38N2O/c1-2-3-4-5-6-10-18-26-19-14-22-12-13-23(21-24(22)26)27-20-11-17-25-15-8-7-9-16-25/h12-14,19,21H,2-11,15-18,20H2,1H3. The number of likely N-dealkylation sites (tertiary alicyclic amines) is 1. The van der Waals surface area contributed by atoms with E-state index in [1.807, 2.05) is 0 Å². The highest BCUT2D eigenvalue weighted by molar-refractivity contribution is 5.81. The number of piperidine rings is 1. The SMILES string of the molecule is CCCCCCCCn1ccc2ccc(OCCCN3CCCCC3)cc21. The van der Waals surface area contributed by atoms with Crippen LogP contribution in [0.1, 0.15) is 71.1 Å². The molecule has 0 unspecified atom stereocenters. The number of nitrogens with zero attached hydrogens (tertiary/aromatic N) is 2. The second-order valence-electron chi connectivity index (χ2n) is 8.10. The Kier molecular flexibility index (Phi) is 8.54. The van der Waals surface area contributed by atoms with Gasteiger partial charge in [0.2, 0.25) is 0 Å². The van der Waals surface area contributed by atoms with Crippen LogP contribution in [0.5, 0.6) is 5.75 Å². The monoisotopic (exact) mass is 370 g/mol. The van der Waals surface area contributed by atoms with Crippen LogP contribution in [0, 0.1) is 0 Å². The van der Waals surface area contributed by atoms with Gasteiger partial charge >= 0.3 is 0 Å². The van der Waals surface area contributed by atoms with Crippen molar-refractivity contribution in [1.82, 2.24) is 9.47 Å². The third-order valence-electron chi connectivity index (χ3n) is 5.83. The van der Waals surface area contributed by atoms with Crippen molar-refractivity contribution in [1.29, 1.82) is 0 Å². The molecule has 2 aromatic rings. The first kappa shape index (κ1) is 20.3. The first-order chi connectivity index (χ1) is 13.4. The van der Waals surface area contributed by atoms with Crippen molar-refractivity contribution in [2.75, 3.05) is 26.2 Å². The van der Waals surface area contributed by atoms with Gasteiger partial charge in [0.25, 0.3) is 0 Å². The second-order valence-corrected chi connectivity index (χ2v) is 8.10. The van der Waals surface area contributed by atoms with E-state index in [1.54, 1.807) is 0 Å². The number of unbranched alkanes of at least 4 members (excludes halogenated alkanes) is 5. The van der Waals surface area contributed by atoms with Crippen molar-refractivity contribution in [2.45, 2.75) is 77.7 Å². The predicted octanol–water partition coefficient (Wildman–Crippen LogP) is 6.26. The van der Waals surface area contributed by atoms with Gasteiger partial charge in [-0.25, -0.2) is 0 Å². The Morgan fingerprint density at radius 1 is 0.852 bits per heavy atom. The maximum Gasteiger partial charge on any atom is 0.121 e. The molecular weight excluding hydrogens is 332 g/mol. The lowest BCUT2D eigenvalue weighted by Crippen LogP contribution is -2.31. The summed E-state index contributed by atoms with van der Waals surface area (Å²) < 4.78 is 8.46. The molecule has 1 aliphatic rings. The van der Waals surface area contributed by atoms with Gasteiger partial charge in [0.1, 0.15) is 5.75 Å². The van der Waals surface area contributed by atoms with Crippen molar-refractivity contribution in [3.63, 3.8) is 0 Å². The fourth-order valence-electron chi connectivity index (χ4n) is 4.17. The number of fused-ring (bicyclic) bond motifs is 1. The molecule has 0 spiro atoms. The third kappa shape index (κ3) is 6.57. The zero-order valence-electron chi connectivity index (χ0n) is 17.3. The maximum absolute atomic E-state index is 6.06. The second kappa shape index (κ2) is 11.4. The molecule has 0 saturated carbocycles. The number of ether oxygens (including phenoxy) is 1. The van der Waals surface area contributed by atoms with Crippen LogP contribution >= 0.6 is 0 Å². The lowest BCUT2D eigenvalue weighted by atomic mass is 10.1. The Balaban J connectivity index is 1.43. The fraction of sp³-hybridized carbons (Fsp3) is 0.667. The molecule has 3 nitrogen and oxygen atoms in total. The average Bonchev–Trinajstić information content (AvgIpc) is 3.11.